The minimum atomic E-state index is 0.195. The molecule has 0 heterocycles. The summed E-state index contributed by atoms with van der Waals surface area (Å²) in [7, 11) is 0. The first kappa shape index (κ1) is 23.1. The van der Waals surface area contributed by atoms with Crippen molar-refractivity contribution in [1.29, 1.82) is 0 Å². The Balaban J connectivity index is 3.37. The van der Waals surface area contributed by atoms with Gasteiger partial charge in [-0.2, -0.15) is 0 Å². The van der Waals surface area contributed by atoms with Crippen LogP contribution in [0.3, 0.4) is 0 Å². The maximum atomic E-state index is 10.9. The van der Waals surface area contributed by atoms with Crippen molar-refractivity contribution in [2.24, 2.45) is 5.92 Å². The lowest BCUT2D eigenvalue weighted by atomic mass is 9.96. The fourth-order valence-corrected chi connectivity index (χ4v) is 2.93. The molecule has 0 aromatic heterocycles. The van der Waals surface area contributed by atoms with Gasteiger partial charge < -0.3 is 0 Å². The van der Waals surface area contributed by atoms with E-state index in [0.717, 1.165) is 19.3 Å². The molecule has 1 nitrogen and oxygen atoms in total. The molecule has 1 atom stereocenters. The summed E-state index contributed by atoms with van der Waals surface area (Å²) in [5, 5.41) is 0. The van der Waals surface area contributed by atoms with Gasteiger partial charge in [0.15, 0.2) is 0 Å². The summed E-state index contributed by atoms with van der Waals surface area (Å²) in [6, 6.07) is 0. The van der Waals surface area contributed by atoms with Gasteiger partial charge in [-0.05, 0) is 44.9 Å². The van der Waals surface area contributed by atoms with Gasteiger partial charge in [-0.15, -0.1) is 0 Å². The van der Waals surface area contributed by atoms with Crippen LogP contribution in [-0.4, -0.2) is 6.29 Å². The Kier molecular flexibility index (Phi) is 19.5. The molecule has 1 radical (unpaired) electrons. The van der Waals surface area contributed by atoms with E-state index in [4.69, 9.17) is 0 Å². The van der Waals surface area contributed by atoms with Gasteiger partial charge in [-0.25, -0.2) is 0 Å². The summed E-state index contributed by atoms with van der Waals surface area (Å²) >= 11 is 0. The lowest BCUT2D eigenvalue weighted by Gasteiger charge is -2.08. The van der Waals surface area contributed by atoms with Crippen LogP contribution in [0.1, 0.15) is 110 Å². The first-order chi connectivity index (χ1) is 11.8. The molecule has 0 saturated heterocycles. The Bertz CT molecular complexity index is 303. The zero-order valence-electron chi connectivity index (χ0n) is 16.4. The van der Waals surface area contributed by atoms with Crippen LogP contribution in [0.15, 0.2) is 24.3 Å². The Labute approximate surface area is 152 Å². The zero-order valence-corrected chi connectivity index (χ0v) is 16.4. The molecule has 0 aliphatic carbocycles. The number of carbonyl (C=O) groups excluding carboxylic acids is 1. The van der Waals surface area contributed by atoms with E-state index < -0.39 is 0 Å². The Morgan fingerprint density at radius 2 is 1.17 bits per heavy atom. The number of hydrogen-bond donors (Lipinski definition) is 0. The van der Waals surface area contributed by atoms with Gasteiger partial charge in [0.05, 0.1) is 0 Å². The fraction of sp³-hybridized carbons (Fsp3) is 0.783. The van der Waals surface area contributed by atoms with E-state index in [2.05, 4.69) is 44.4 Å². The fourth-order valence-electron chi connectivity index (χ4n) is 2.93. The number of rotatable bonds is 18. The average molecular weight is 334 g/mol. The second-order valence-corrected chi connectivity index (χ2v) is 6.98. The Morgan fingerprint density at radius 1 is 0.667 bits per heavy atom. The Hall–Kier alpha value is -0.850. The van der Waals surface area contributed by atoms with Gasteiger partial charge in [-0.1, -0.05) is 89.5 Å². The van der Waals surface area contributed by atoms with Crippen LogP contribution >= 0.6 is 0 Å². The maximum Gasteiger partial charge on any atom is 0.201 e. The monoisotopic (exact) mass is 333 g/mol. The summed E-state index contributed by atoms with van der Waals surface area (Å²) in [6.07, 6.45) is 29.8. The third-order valence-electron chi connectivity index (χ3n) is 4.58. The van der Waals surface area contributed by atoms with Crippen LogP contribution in [0.5, 0.6) is 0 Å². The summed E-state index contributed by atoms with van der Waals surface area (Å²) in [6.45, 7) is 4.46. The van der Waals surface area contributed by atoms with E-state index in [9.17, 15) is 4.79 Å². The SMILES string of the molecule is CCCCC/C=C\C/C=C\CCCCCCC([C]=O)CCCCC. The molecule has 0 aromatic carbocycles. The molecule has 0 N–H and O–H groups in total. The Morgan fingerprint density at radius 3 is 1.75 bits per heavy atom. The largest absolute Gasteiger partial charge is 0.291 e. The van der Waals surface area contributed by atoms with Crippen LogP contribution in [0.25, 0.3) is 0 Å². The summed E-state index contributed by atoms with van der Waals surface area (Å²) in [5.41, 5.74) is 0. The van der Waals surface area contributed by atoms with Crippen LogP contribution in [0.4, 0.5) is 0 Å². The maximum absolute atomic E-state index is 10.9. The zero-order chi connectivity index (χ0) is 17.7. The van der Waals surface area contributed by atoms with Crippen molar-refractivity contribution < 1.29 is 4.79 Å². The minimum absolute atomic E-state index is 0.195. The van der Waals surface area contributed by atoms with Crippen molar-refractivity contribution >= 4 is 6.29 Å². The lowest BCUT2D eigenvalue weighted by Crippen LogP contribution is -2.01. The lowest BCUT2D eigenvalue weighted by molar-refractivity contribution is 0.457. The highest BCUT2D eigenvalue weighted by molar-refractivity contribution is 5.54. The molecule has 0 fully saturated rings. The highest BCUT2D eigenvalue weighted by Gasteiger charge is 2.07. The van der Waals surface area contributed by atoms with Crippen molar-refractivity contribution in [3.63, 3.8) is 0 Å². The average Bonchev–Trinajstić information content (AvgIpc) is 2.60. The van der Waals surface area contributed by atoms with Crippen molar-refractivity contribution in [1.82, 2.24) is 0 Å². The van der Waals surface area contributed by atoms with Gasteiger partial charge in [0, 0.05) is 5.92 Å². The van der Waals surface area contributed by atoms with E-state index >= 15 is 0 Å². The quantitative estimate of drug-likeness (QED) is 0.185. The first-order valence-corrected chi connectivity index (χ1v) is 10.5. The molecular weight excluding hydrogens is 292 g/mol. The predicted molar refractivity (Wildman–Crippen MR) is 108 cm³/mol. The van der Waals surface area contributed by atoms with Crippen molar-refractivity contribution in [3.8, 4) is 0 Å². The van der Waals surface area contributed by atoms with Crippen molar-refractivity contribution in [3.05, 3.63) is 24.3 Å². The summed E-state index contributed by atoms with van der Waals surface area (Å²) in [5.74, 6) is 0.195. The summed E-state index contributed by atoms with van der Waals surface area (Å²) in [4.78, 5) is 10.9. The molecule has 0 spiro atoms. The van der Waals surface area contributed by atoms with E-state index in [1.165, 1.54) is 77.0 Å². The highest BCUT2D eigenvalue weighted by atomic mass is 16.1. The third-order valence-corrected chi connectivity index (χ3v) is 4.58. The molecule has 0 amide bonds. The van der Waals surface area contributed by atoms with E-state index in [0.29, 0.717) is 0 Å². The van der Waals surface area contributed by atoms with Gasteiger partial charge >= 0.3 is 0 Å². The molecular formula is C23H41O. The second-order valence-electron chi connectivity index (χ2n) is 6.98. The molecule has 0 saturated carbocycles. The molecule has 0 aliphatic heterocycles. The minimum Gasteiger partial charge on any atom is -0.291 e. The number of unbranched alkanes of at least 4 members (excludes halogenated alkanes) is 9. The third kappa shape index (κ3) is 17.5. The van der Waals surface area contributed by atoms with Crippen LogP contribution < -0.4 is 0 Å². The van der Waals surface area contributed by atoms with Crippen LogP contribution in [0, 0.1) is 5.92 Å². The topological polar surface area (TPSA) is 17.1 Å². The molecule has 24 heavy (non-hydrogen) atoms. The van der Waals surface area contributed by atoms with Gasteiger partial charge in [0.1, 0.15) is 0 Å². The van der Waals surface area contributed by atoms with E-state index in [-0.39, 0.29) is 5.92 Å². The smallest absolute Gasteiger partial charge is 0.201 e. The molecule has 0 aliphatic rings. The van der Waals surface area contributed by atoms with E-state index in [1.54, 1.807) is 0 Å². The van der Waals surface area contributed by atoms with Crippen LogP contribution in [0.2, 0.25) is 0 Å². The molecule has 1 unspecified atom stereocenters. The van der Waals surface area contributed by atoms with Crippen LogP contribution in [-0.2, 0) is 4.79 Å². The molecule has 0 rings (SSSR count). The predicted octanol–water partition coefficient (Wildman–Crippen LogP) is 7.72. The summed E-state index contributed by atoms with van der Waals surface area (Å²) < 4.78 is 0. The van der Waals surface area contributed by atoms with Crippen molar-refractivity contribution in [2.75, 3.05) is 0 Å². The van der Waals surface area contributed by atoms with Gasteiger partial charge in [0.2, 0.25) is 6.29 Å². The molecule has 1 heteroatoms. The normalized spacial score (nSPS) is 13.1. The second kappa shape index (κ2) is 20.2. The molecule has 139 valence electrons. The van der Waals surface area contributed by atoms with Gasteiger partial charge in [-0.3, -0.25) is 4.79 Å². The molecule has 0 bridgehead atoms. The standard InChI is InChI=1S/C23H41O/c1-3-5-7-8-9-10-11-12-13-14-15-16-17-19-21-23(22-24)20-18-6-4-2/h9-10,12-13,23H,3-8,11,14-21H2,1-2H3/b10-9-,13-12-. The van der Waals surface area contributed by atoms with E-state index in [1.807, 2.05) is 0 Å². The molecule has 0 aromatic rings. The van der Waals surface area contributed by atoms with Crippen molar-refractivity contribution in [2.45, 2.75) is 110 Å². The van der Waals surface area contributed by atoms with Gasteiger partial charge in [0.25, 0.3) is 0 Å². The first-order valence-electron chi connectivity index (χ1n) is 10.5. The highest BCUT2D eigenvalue weighted by Crippen LogP contribution is 2.16. The number of hydrogen-bond acceptors (Lipinski definition) is 1. The number of allylic oxidation sites excluding steroid dienone is 4.